The highest BCUT2D eigenvalue weighted by Crippen LogP contribution is 2.25. The third kappa shape index (κ3) is 6.25. The van der Waals surface area contributed by atoms with Crippen LogP contribution in [0.1, 0.15) is 58.1 Å². The maximum atomic E-state index is 12.6. The van der Waals surface area contributed by atoms with Crippen LogP contribution in [-0.4, -0.2) is 35.3 Å². The van der Waals surface area contributed by atoms with Crippen LogP contribution >= 0.6 is 0 Å². The summed E-state index contributed by atoms with van der Waals surface area (Å²) in [6.07, 6.45) is 3.63. The number of ether oxygens (including phenoxy) is 2. The van der Waals surface area contributed by atoms with E-state index >= 15 is 0 Å². The first-order valence-corrected chi connectivity index (χ1v) is 10.6. The minimum absolute atomic E-state index is 0.0302. The van der Waals surface area contributed by atoms with E-state index in [0.29, 0.717) is 0 Å². The van der Waals surface area contributed by atoms with Gasteiger partial charge < -0.3 is 14.4 Å². The molecule has 1 amide bonds. The molecule has 0 radical (unpaired) electrons. The van der Waals surface area contributed by atoms with Gasteiger partial charge in [0.1, 0.15) is 17.5 Å². The van der Waals surface area contributed by atoms with Crippen LogP contribution in [0.2, 0.25) is 0 Å². The Labute approximate surface area is 174 Å². The van der Waals surface area contributed by atoms with E-state index in [4.69, 9.17) is 9.47 Å². The van der Waals surface area contributed by atoms with E-state index in [0.717, 1.165) is 38.0 Å². The zero-order valence-corrected chi connectivity index (χ0v) is 18.1. The van der Waals surface area contributed by atoms with E-state index in [9.17, 15) is 4.79 Å². The van der Waals surface area contributed by atoms with Crippen molar-refractivity contribution in [2.45, 2.75) is 71.1 Å². The van der Waals surface area contributed by atoms with E-state index in [1.165, 1.54) is 11.1 Å². The van der Waals surface area contributed by atoms with Gasteiger partial charge in [-0.2, -0.15) is 0 Å². The number of rotatable bonds is 5. The van der Waals surface area contributed by atoms with Gasteiger partial charge in [0.05, 0.1) is 6.04 Å². The lowest BCUT2D eigenvalue weighted by Crippen LogP contribution is -2.51. The lowest BCUT2D eigenvalue weighted by Gasteiger charge is -2.39. The van der Waals surface area contributed by atoms with E-state index in [1.54, 1.807) is 0 Å². The fourth-order valence-electron chi connectivity index (χ4n) is 3.80. The molecule has 0 N–H and O–H groups in total. The molecule has 2 aromatic carbocycles. The molecule has 0 aromatic heterocycles. The molecule has 1 saturated heterocycles. The summed E-state index contributed by atoms with van der Waals surface area (Å²) in [6.45, 7) is 8.48. The minimum Gasteiger partial charge on any atom is -0.489 e. The lowest BCUT2D eigenvalue weighted by molar-refractivity contribution is -0.00807. The molecule has 0 aliphatic carbocycles. The third-order valence-electron chi connectivity index (χ3n) is 5.22. The largest absolute Gasteiger partial charge is 0.489 e. The first-order valence-electron chi connectivity index (χ1n) is 10.6. The zero-order valence-electron chi connectivity index (χ0n) is 18.1. The van der Waals surface area contributed by atoms with Gasteiger partial charge in [0.2, 0.25) is 0 Å². The van der Waals surface area contributed by atoms with Crippen molar-refractivity contribution in [1.82, 2.24) is 4.90 Å². The number of carbonyl (C=O) groups excluding carboxylic acids is 1. The quantitative estimate of drug-likeness (QED) is 0.639. The molecule has 4 nitrogen and oxygen atoms in total. The number of nitrogens with zero attached hydrogens (tertiary/aromatic N) is 1. The van der Waals surface area contributed by atoms with E-state index in [1.807, 2.05) is 50.8 Å². The Kier molecular flexibility index (Phi) is 6.83. The molecule has 1 aliphatic heterocycles. The molecule has 29 heavy (non-hydrogen) atoms. The van der Waals surface area contributed by atoms with Gasteiger partial charge in [0.25, 0.3) is 0 Å². The maximum Gasteiger partial charge on any atom is 0.410 e. The molecule has 156 valence electrons. The van der Waals surface area contributed by atoms with Gasteiger partial charge in [-0.1, -0.05) is 42.5 Å². The number of benzene rings is 2. The van der Waals surface area contributed by atoms with Crippen LogP contribution in [0.3, 0.4) is 0 Å². The Balaban J connectivity index is 1.61. The predicted molar refractivity (Wildman–Crippen MR) is 116 cm³/mol. The fourth-order valence-corrected chi connectivity index (χ4v) is 3.80. The number of hydrogen-bond donors (Lipinski definition) is 0. The van der Waals surface area contributed by atoms with E-state index < -0.39 is 5.60 Å². The Morgan fingerprint density at radius 1 is 1.03 bits per heavy atom. The summed E-state index contributed by atoms with van der Waals surface area (Å²) in [5.41, 5.74) is 2.06. The van der Waals surface area contributed by atoms with Crippen molar-refractivity contribution >= 4 is 6.09 Å². The second-order valence-corrected chi connectivity index (χ2v) is 8.87. The van der Waals surface area contributed by atoms with Crippen molar-refractivity contribution in [3.05, 3.63) is 65.7 Å². The molecule has 1 aliphatic rings. The van der Waals surface area contributed by atoms with Gasteiger partial charge in [-0.3, -0.25) is 0 Å². The molecular weight excluding hydrogens is 362 g/mol. The molecule has 0 saturated carbocycles. The summed E-state index contributed by atoms with van der Waals surface area (Å²) >= 11 is 0. The summed E-state index contributed by atoms with van der Waals surface area (Å²) in [6, 6.07) is 18.7. The van der Waals surface area contributed by atoms with Gasteiger partial charge in [-0.25, -0.2) is 4.79 Å². The normalized spacial score (nSPS) is 18.2. The first-order chi connectivity index (χ1) is 13.8. The number of amides is 1. The highest BCUT2D eigenvalue weighted by molar-refractivity contribution is 5.68. The molecule has 4 heteroatoms. The van der Waals surface area contributed by atoms with Crippen molar-refractivity contribution in [3.8, 4) is 5.75 Å². The molecule has 0 bridgehead atoms. The van der Waals surface area contributed by atoms with Crippen LogP contribution in [0.5, 0.6) is 5.75 Å². The summed E-state index contributed by atoms with van der Waals surface area (Å²) in [7, 11) is 0. The number of carbonyl (C=O) groups is 1. The van der Waals surface area contributed by atoms with Crippen molar-refractivity contribution in [1.29, 1.82) is 0 Å². The summed E-state index contributed by atoms with van der Waals surface area (Å²) < 4.78 is 11.8. The fraction of sp³-hybridized carbons (Fsp3) is 0.480. The van der Waals surface area contributed by atoms with Crippen molar-refractivity contribution in [2.75, 3.05) is 6.54 Å². The first kappa shape index (κ1) is 21.2. The summed E-state index contributed by atoms with van der Waals surface area (Å²) in [5, 5.41) is 0. The standard InChI is InChI=1S/C25H33NO3/c1-19(23-12-8-9-17-26(23)24(27)29-25(2,3)4)28-22-15-13-21(14-16-22)18-20-10-6-5-7-11-20/h5-7,10-11,13-16,19,23H,8-9,12,17-18H2,1-4H3/t19?,23-/m0/s1. The van der Waals surface area contributed by atoms with Crippen LogP contribution in [0.15, 0.2) is 54.6 Å². The molecule has 0 spiro atoms. The lowest BCUT2D eigenvalue weighted by atomic mass is 9.98. The van der Waals surface area contributed by atoms with Gasteiger partial charge in [-0.05, 0) is 76.6 Å². The summed E-state index contributed by atoms with van der Waals surface area (Å²) in [5.74, 6) is 0.837. The summed E-state index contributed by atoms with van der Waals surface area (Å²) in [4.78, 5) is 14.5. The van der Waals surface area contributed by atoms with Crippen LogP contribution in [0, 0.1) is 0 Å². The van der Waals surface area contributed by atoms with Gasteiger partial charge >= 0.3 is 6.09 Å². The smallest absolute Gasteiger partial charge is 0.410 e. The number of piperidine rings is 1. The minimum atomic E-state index is -0.488. The topological polar surface area (TPSA) is 38.8 Å². The van der Waals surface area contributed by atoms with E-state index in [2.05, 4.69) is 36.4 Å². The molecule has 2 aromatic rings. The Hall–Kier alpha value is -2.49. The van der Waals surface area contributed by atoms with Gasteiger partial charge in [-0.15, -0.1) is 0 Å². The average molecular weight is 396 g/mol. The van der Waals surface area contributed by atoms with Crippen LogP contribution in [0.25, 0.3) is 0 Å². The van der Waals surface area contributed by atoms with Gasteiger partial charge in [0, 0.05) is 6.54 Å². The molecule has 3 rings (SSSR count). The zero-order chi connectivity index (χ0) is 20.9. The van der Waals surface area contributed by atoms with Crippen molar-refractivity contribution in [3.63, 3.8) is 0 Å². The average Bonchev–Trinajstić information content (AvgIpc) is 2.69. The van der Waals surface area contributed by atoms with Crippen molar-refractivity contribution < 1.29 is 14.3 Å². The van der Waals surface area contributed by atoms with Crippen molar-refractivity contribution in [2.24, 2.45) is 0 Å². The molecule has 2 atom stereocenters. The van der Waals surface area contributed by atoms with Gasteiger partial charge in [0.15, 0.2) is 0 Å². The Bertz CT molecular complexity index is 780. The second kappa shape index (κ2) is 9.34. The maximum absolute atomic E-state index is 12.6. The number of likely N-dealkylation sites (tertiary alicyclic amines) is 1. The second-order valence-electron chi connectivity index (χ2n) is 8.87. The van der Waals surface area contributed by atoms with Crippen LogP contribution in [-0.2, 0) is 11.2 Å². The Morgan fingerprint density at radius 2 is 1.69 bits per heavy atom. The van der Waals surface area contributed by atoms with Crippen LogP contribution in [0.4, 0.5) is 4.79 Å². The highest BCUT2D eigenvalue weighted by atomic mass is 16.6. The SMILES string of the molecule is CC(Oc1ccc(Cc2ccccc2)cc1)[C@@H]1CCCCN1C(=O)OC(C)(C)C. The number of hydrogen-bond acceptors (Lipinski definition) is 3. The molecule has 1 fully saturated rings. The predicted octanol–water partition coefficient (Wildman–Crippen LogP) is 5.83. The monoisotopic (exact) mass is 395 g/mol. The highest BCUT2D eigenvalue weighted by Gasteiger charge is 2.34. The van der Waals surface area contributed by atoms with E-state index in [-0.39, 0.29) is 18.2 Å². The Morgan fingerprint density at radius 3 is 2.34 bits per heavy atom. The molecule has 1 unspecified atom stereocenters. The molecule has 1 heterocycles. The van der Waals surface area contributed by atoms with Crippen LogP contribution < -0.4 is 4.74 Å². The third-order valence-corrected chi connectivity index (χ3v) is 5.22. The molecular formula is C25H33NO3.